The lowest BCUT2D eigenvalue weighted by molar-refractivity contribution is -0.123. The van der Waals surface area contributed by atoms with Crippen molar-refractivity contribution in [3.05, 3.63) is 76.5 Å². The second-order valence-electron chi connectivity index (χ2n) is 7.28. The number of aryl methyl sites for hydroxylation is 1. The highest BCUT2D eigenvalue weighted by molar-refractivity contribution is 7.21. The van der Waals surface area contributed by atoms with Gasteiger partial charge < -0.3 is 13.9 Å². The molecular weight excluding hydrogens is 474 g/mol. The minimum Gasteiger partial charge on any atom is -0.486 e. The van der Waals surface area contributed by atoms with Crippen molar-refractivity contribution in [3.63, 3.8) is 0 Å². The van der Waals surface area contributed by atoms with Crippen molar-refractivity contribution in [1.29, 1.82) is 0 Å². The van der Waals surface area contributed by atoms with Crippen molar-refractivity contribution in [2.75, 3.05) is 6.61 Å². The van der Waals surface area contributed by atoms with Gasteiger partial charge in [0.25, 0.3) is 5.91 Å². The van der Waals surface area contributed by atoms with Gasteiger partial charge in [-0.05, 0) is 42.6 Å². The first-order chi connectivity index (χ1) is 16.6. The largest absolute Gasteiger partial charge is 0.486 e. The van der Waals surface area contributed by atoms with Crippen LogP contribution in [0.3, 0.4) is 0 Å². The van der Waals surface area contributed by atoms with E-state index in [2.05, 4.69) is 15.8 Å². The van der Waals surface area contributed by atoms with Gasteiger partial charge in [0.1, 0.15) is 23.9 Å². The average molecular weight is 494 g/mol. The fraction of sp³-hybridized carbons (Fsp3) is 0.125. The number of nitrogens with zero attached hydrogens (tertiary/aromatic N) is 1. The van der Waals surface area contributed by atoms with Crippen molar-refractivity contribution < 1.29 is 23.5 Å². The standard InChI is InChI=1S/C24H19N3O5S2/c1-14-25-22-20(34-14)11-19(17-9-10-33-23(17)22)31-13-21(28)26-27-24(29)18-8-7-16(32-18)12-30-15-5-3-2-4-6-15/h2-11H,12-13H2,1H3,(H,26,28)(H,27,29). The summed E-state index contributed by atoms with van der Waals surface area (Å²) in [6.45, 7) is 1.88. The van der Waals surface area contributed by atoms with Crippen LogP contribution in [-0.2, 0) is 11.4 Å². The Morgan fingerprint density at radius 2 is 1.91 bits per heavy atom. The zero-order valence-corrected chi connectivity index (χ0v) is 19.6. The van der Waals surface area contributed by atoms with Gasteiger partial charge in [0.2, 0.25) is 0 Å². The first kappa shape index (κ1) is 21.9. The topological polar surface area (TPSA) is 103 Å². The molecular formula is C24H19N3O5S2. The third-order valence-corrected chi connectivity index (χ3v) is 6.69. The molecule has 0 saturated carbocycles. The number of amides is 2. The molecule has 10 heteroatoms. The summed E-state index contributed by atoms with van der Waals surface area (Å²) in [5, 5.41) is 3.84. The first-order valence-corrected chi connectivity index (χ1v) is 12.0. The number of ether oxygens (including phenoxy) is 2. The highest BCUT2D eigenvalue weighted by Gasteiger charge is 2.15. The van der Waals surface area contributed by atoms with E-state index in [1.807, 2.05) is 54.8 Å². The van der Waals surface area contributed by atoms with Gasteiger partial charge in [-0.3, -0.25) is 20.4 Å². The number of aromatic nitrogens is 1. The zero-order chi connectivity index (χ0) is 23.5. The molecule has 0 aliphatic carbocycles. The number of nitrogens with one attached hydrogen (secondary N) is 2. The molecule has 3 aromatic heterocycles. The Hall–Kier alpha value is -3.89. The monoisotopic (exact) mass is 493 g/mol. The number of carbonyl (C=O) groups excluding carboxylic acids is 2. The number of thiophene rings is 1. The first-order valence-electron chi connectivity index (χ1n) is 10.3. The lowest BCUT2D eigenvalue weighted by atomic mass is 10.2. The Morgan fingerprint density at radius 1 is 1.06 bits per heavy atom. The number of hydrazine groups is 1. The summed E-state index contributed by atoms with van der Waals surface area (Å²) in [6.07, 6.45) is 0. The van der Waals surface area contributed by atoms with Crippen LogP contribution in [0, 0.1) is 6.92 Å². The smallest absolute Gasteiger partial charge is 0.305 e. The molecule has 5 aromatic rings. The Morgan fingerprint density at radius 3 is 2.76 bits per heavy atom. The number of hydrogen-bond donors (Lipinski definition) is 2. The molecule has 0 fully saturated rings. The Labute approximate surface area is 202 Å². The van der Waals surface area contributed by atoms with E-state index in [4.69, 9.17) is 13.9 Å². The van der Waals surface area contributed by atoms with Crippen LogP contribution in [0.5, 0.6) is 11.5 Å². The molecule has 0 aliphatic heterocycles. The van der Waals surface area contributed by atoms with E-state index in [1.54, 1.807) is 28.7 Å². The predicted octanol–water partition coefficient (Wildman–Crippen LogP) is 4.83. The van der Waals surface area contributed by atoms with E-state index < -0.39 is 11.8 Å². The van der Waals surface area contributed by atoms with E-state index in [0.29, 0.717) is 17.3 Å². The normalized spacial score (nSPS) is 11.0. The van der Waals surface area contributed by atoms with E-state index in [9.17, 15) is 9.59 Å². The molecule has 2 aromatic carbocycles. The third-order valence-electron chi connectivity index (χ3n) is 4.85. The Kier molecular flexibility index (Phi) is 6.15. The Balaban J connectivity index is 1.14. The second-order valence-corrected chi connectivity index (χ2v) is 9.43. The highest BCUT2D eigenvalue weighted by Crippen LogP contribution is 2.38. The molecule has 0 atom stereocenters. The van der Waals surface area contributed by atoms with Crippen LogP contribution in [0.4, 0.5) is 0 Å². The predicted molar refractivity (Wildman–Crippen MR) is 130 cm³/mol. The number of rotatable bonds is 7. The maximum absolute atomic E-state index is 12.3. The quantitative estimate of drug-likeness (QED) is 0.315. The average Bonchev–Trinajstić information content (AvgIpc) is 3.59. The minimum atomic E-state index is -0.582. The van der Waals surface area contributed by atoms with E-state index >= 15 is 0 Å². The minimum absolute atomic E-state index is 0.0545. The number of para-hydroxylation sites is 1. The molecule has 5 rings (SSSR count). The maximum Gasteiger partial charge on any atom is 0.305 e. The summed E-state index contributed by atoms with van der Waals surface area (Å²) in [7, 11) is 0. The number of fused-ring (bicyclic) bond motifs is 3. The summed E-state index contributed by atoms with van der Waals surface area (Å²) >= 11 is 3.15. The highest BCUT2D eigenvalue weighted by atomic mass is 32.1. The van der Waals surface area contributed by atoms with Crippen LogP contribution in [0.15, 0.2) is 64.4 Å². The van der Waals surface area contributed by atoms with Gasteiger partial charge in [0.15, 0.2) is 12.4 Å². The molecule has 2 amide bonds. The molecule has 0 saturated heterocycles. The molecule has 0 radical (unpaired) electrons. The van der Waals surface area contributed by atoms with Crippen LogP contribution in [0.2, 0.25) is 0 Å². The van der Waals surface area contributed by atoms with Gasteiger partial charge in [-0.25, -0.2) is 4.98 Å². The SMILES string of the molecule is Cc1nc2c(cc(OCC(=O)NNC(=O)c3ccc(COc4ccccc4)o3)c3ccsc32)s1. The molecule has 172 valence electrons. The molecule has 0 unspecified atom stereocenters. The lowest BCUT2D eigenvalue weighted by Crippen LogP contribution is -2.43. The summed E-state index contributed by atoms with van der Waals surface area (Å²) in [5.74, 6) is 0.748. The van der Waals surface area contributed by atoms with Crippen LogP contribution < -0.4 is 20.3 Å². The fourth-order valence-electron chi connectivity index (χ4n) is 3.32. The number of carbonyl (C=O) groups is 2. The van der Waals surface area contributed by atoms with Crippen molar-refractivity contribution in [2.24, 2.45) is 0 Å². The molecule has 0 bridgehead atoms. The van der Waals surface area contributed by atoms with Gasteiger partial charge >= 0.3 is 5.91 Å². The van der Waals surface area contributed by atoms with Crippen molar-refractivity contribution in [3.8, 4) is 11.5 Å². The van der Waals surface area contributed by atoms with E-state index in [1.165, 1.54) is 6.07 Å². The summed E-state index contributed by atoms with van der Waals surface area (Å²) in [5.41, 5.74) is 5.62. The van der Waals surface area contributed by atoms with Crippen molar-refractivity contribution in [1.82, 2.24) is 15.8 Å². The molecule has 2 N–H and O–H groups in total. The van der Waals surface area contributed by atoms with Gasteiger partial charge in [-0.1, -0.05) is 18.2 Å². The van der Waals surface area contributed by atoms with E-state index in [0.717, 1.165) is 25.3 Å². The Bertz CT molecular complexity index is 1470. The third kappa shape index (κ3) is 4.73. The summed E-state index contributed by atoms with van der Waals surface area (Å²) in [6, 6.07) is 16.3. The zero-order valence-electron chi connectivity index (χ0n) is 18.0. The van der Waals surface area contributed by atoms with Gasteiger partial charge in [0, 0.05) is 11.5 Å². The summed E-state index contributed by atoms with van der Waals surface area (Å²) < 4.78 is 18.9. The van der Waals surface area contributed by atoms with Crippen LogP contribution >= 0.6 is 22.7 Å². The number of thiazole rings is 1. The van der Waals surface area contributed by atoms with Crippen molar-refractivity contribution in [2.45, 2.75) is 13.5 Å². The number of furan rings is 1. The van der Waals surface area contributed by atoms with E-state index in [-0.39, 0.29) is 19.0 Å². The van der Waals surface area contributed by atoms with Crippen molar-refractivity contribution >= 4 is 54.8 Å². The van der Waals surface area contributed by atoms with Crippen LogP contribution in [-0.4, -0.2) is 23.4 Å². The van der Waals surface area contributed by atoms with Gasteiger partial charge in [-0.2, -0.15) is 0 Å². The van der Waals surface area contributed by atoms with Crippen LogP contribution in [0.25, 0.3) is 20.3 Å². The molecule has 3 heterocycles. The number of hydrogen-bond acceptors (Lipinski definition) is 8. The maximum atomic E-state index is 12.3. The summed E-state index contributed by atoms with van der Waals surface area (Å²) in [4.78, 5) is 29.1. The van der Waals surface area contributed by atoms with Gasteiger partial charge in [-0.15, -0.1) is 22.7 Å². The molecule has 8 nitrogen and oxygen atoms in total. The second kappa shape index (κ2) is 9.54. The molecule has 34 heavy (non-hydrogen) atoms. The number of benzene rings is 2. The molecule has 0 aliphatic rings. The lowest BCUT2D eigenvalue weighted by Gasteiger charge is -2.09. The fourth-order valence-corrected chi connectivity index (χ4v) is 5.16. The van der Waals surface area contributed by atoms with Crippen LogP contribution in [0.1, 0.15) is 21.3 Å². The van der Waals surface area contributed by atoms with Gasteiger partial charge in [0.05, 0.1) is 19.9 Å². The molecule has 0 spiro atoms.